The van der Waals surface area contributed by atoms with E-state index in [2.05, 4.69) is 20.6 Å². The third kappa shape index (κ3) is 3.07. The molecule has 122 valence electrons. The number of nitrogens with one attached hydrogen (secondary N) is 1. The van der Waals surface area contributed by atoms with Crippen molar-refractivity contribution < 1.29 is 4.79 Å². The zero-order valence-corrected chi connectivity index (χ0v) is 13.9. The summed E-state index contributed by atoms with van der Waals surface area (Å²) in [6.07, 6.45) is 5.12. The summed E-state index contributed by atoms with van der Waals surface area (Å²) in [5.41, 5.74) is 2.58. The molecule has 8 nitrogen and oxygen atoms in total. The molecule has 0 aliphatic rings. The molecule has 1 atom stereocenters. The first-order chi connectivity index (χ1) is 11.0. The Labute approximate surface area is 138 Å². The summed E-state index contributed by atoms with van der Waals surface area (Å²) in [4.78, 5) is 12.3. The van der Waals surface area contributed by atoms with E-state index in [1.165, 1.54) is 0 Å². The molecule has 0 fully saturated rings. The Morgan fingerprint density at radius 1 is 1.39 bits per heavy atom. The summed E-state index contributed by atoms with van der Waals surface area (Å²) >= 11 is 5.80. The van der Waals surface area contributed by atoms with Crippen molar-refractivity contribution in [3.8, 4) is 0 Å². The Hall–Kier alpha value is -2.35. The topological polar surface area (TPSA) is 82.6 Å². The van der Waals surface area contributed by atoms with Gasteiger partial charge < -0.3 is 5.32 Å². The second-order valence-electron chi connectivity index (χ2n) is 5.44. The average Bonchev–Trinajstić information content (AvgIpc) is 3.17. The van der Waals surface area contributed by atoms with Crippen LogP contribution >= 0.6 is 11.6 Å². The molecule has 0 saturated carbocycles. The quantitative estimate of drug-likeness (QED) is 0.762. The SMILES string of the molecule is Cc1nn(C)c2cn([C@H](C)C(=O)NCCn3cc(Cl)cn3)nc12. The Balaban J connectivity index is 1.62. The van der Waals surface area contributed by atoms with Crippen LogP contribution in [0.25, 0.3) is 11.0 Å². The van der Waals surface area contributed by atoms with Crippen LogP contribution in [0, 0.1) is 6.92 Å². The molecule has 3 aromatic heterocycles. The Kier molecular flexibility index (Phi) is 4.08. The lowest BCUT2D eigenvalue weighted by Gasteiger charge is -2.12. The van der Waals surface area contributed by atoms with Crippen molar-refractivity contribution in [2.24, 2.45) is 7.05 Å². The summed E-state index contributed by atoms with van der Waals surface area (Å²) in [5.74, 6) is -0.0957. The molecule has 1 amide bonds. The minimum Gasteiger partial charge on any atom is -0.352 e. The van der Waals surface area contributed by atoms with Crippen molar-refractivity contribution in [1.82, 2.24) is 34.7 Å². The maximum absolute atomic E-state index is 12.3. The van der Waals surface area contributed by atoms with Gasteiger partial charge in [0.2, 0.25) is 5.91 Å². The molecular weight excluding hydrogens is 318 g/mol. The molecule has 3 heterocycles. The van der Waals surface area contributed by atoms with Crippen molar-refractivity contribution in [1.29, 1.82) is 0 Å². The van der Waals surface area contributed by atoms with Gasteiger partial charge in [0.05, 0.1) is 29.7 Å². The number of hydrogen-bond donors (Lipinski definition) is 1. The number of aromatic nitrogens is 6. The standard InChI is InChI=1S/C14H18ClN7O/c1-9-13-12(20(3)18-9)8-22(19-13)10(2)14(23)16-4-5-21-7-11(15)6-17-21/h6-8,10H,4-5H2,1-3H3,(H,16,23)/t10-/m1/s1. The summed E-state index contributed by atoms with van der Waals surface area (Å²) in [5, 5.41) is 16.3. The molecular formula is C14H18ClN7O. The van der Waals surface area contributed by atoms with Gasteiger partial charge in [-0.05, 0) is 13.8 Å². The fourth-order valence-electron chi connectivity index (χ4n) is 2.42. The number of hydrogen-bond acceptors (Lipinski definition) is 4. The van der Waals surface area contributed by atoms with Gasteiger partial charge in [-0.15, -0.1) is 0 Å². The molecule has 0 spiro atoms. The van der Waals surface area contributed by atoms with E-state index < -0.39 is 6.04 Å². The highest BCUT2D eigenvalue weighted by atomic mass is 35.5. The monoisotopic (exact) mass is 335 g/mol. The van der Waals surface area contributed by atoms with E-state index in [4.69, 9.17) is 11.6 Å². The molecule has 23 heavy (non-hydrogen) atoms. The first-order valence-electron chi connectivity index (χ1n) is 7.30. The fraction of sp³-hybridized carbons (Fsp3) is 0.429. The molecule has 0 aliphatic carbocycles. The number of fused-ring (bicyclic) bond motifs is 1. The van der Waals surface area contributed by atoms with Crippen molar-refractivity contribution in [2.75, 3.05) is 6.54 Å². The number of aryl methyl sites for hydroxylation is 2. The summed E-state index contributed by atoms with van der Waals surface area (Å²) < 4.78 is 5.12. The van der Waals surface area contributed by atoms with Gasteiger partial charge in [-0.1, -0.05) is 11.6 Å². The van der Waals surface area contributed by atoms with Crippen LogP contribution in [0.4, 0.5) is 0 Å². The van der Waals surface area contributed by atoms with Crippen LogP contribution in [0.15, 0.2) is 18.6 Å². The van der Waals surface area contributed by atoms with Crippen molar-refractivity contribution in [3.63, 3.8) is 0 Å². The van der Waals surface area contributed by atoms with Crippen molar-refractivity contribution in [3.05, 3.63) is 29.3 Å². The van der Waals surface area contributed by atoms with E-state index in [1.807, 2.05) is 27.1 Å². The van der Waals surface area contributed by atoms with Crippen LogP contribution in [0.3, 0.4) is 0 Å². The molecule has 0 aromatic carbocycles. The van der Waals surface area contributed by atoms with Gasteiger partial charge >= 0.3 is 0 Å². The van der Waals surface area contributed by atoms with E-state index in [0.717, 1.165) is 16.7 Å². The van der Waals surface area contributed by atoms with E-state index in [0.29, 0.717) is 18.1 Å². The summed E-state index contributed by atoms with van der Waals surface area (Å²) in [6.45, 7) is 4.76. The molecule has 0 saturated heterocycles. The molecule has 0 aliphatic heterocycles. The number of nitrogens with zero attached hydrogens (tertiary/aromatic N) is 6. The van der Waals surface area contributed by atoms with Crippen LogP contribution in [0.1, 0.15) is 18.7 Å². The Morgan fingerprint density at radius 2 is 2.17 bits per heavy atom. The number of amides is 1. The normalized spacial score (nSPS) is 12.7. The number of halogens is 1. The zero-order chi connectivity index (χ0) is 16.6. The first-order valence-corrected chi connectivity index (χ1v) is 7.67. The fourth-order valence-corrected chi connectivity index (χ4v) is 2.58. The predicted octanol–water partition coefficient (Wildman–Crippen LogP) is 1.31. The van der Waals surface area contributed by atoms with Gasteiger partial charge in [0.15, 0.2) is 0 Å². The molecule has 1 N–H and O–H groups in total. The molecule has 0 radical (unpaired) electrons. The van der Waals surface area contributed by atoms with Crippen LogP contribution in [0.2, 0.25) is 5.02 Å². The van der Waals surface area contributed by atoms with Crippen LogP contribution in [-0.4, -0.2) is 41.8 Å². The highest BCUT2D eigenvalue weighted by Crippen LogP contribution is 2.17. The van der Waals surface area contributed by atoms with Crippen LogP contribution in [0.5, 0.6) is 0 Å². The maximum atomic E-state index is 12.3. The third-order valence-corrected chi connectivity index (χ3v) is 3.92. The second-order valence-corrected chi connectivity index (χ2v) is 5.88. The molecule has 0 bridgehead atoms. The highest BCUT2D eigenvalue weighted by Gasteiger charge is 2.18. The van der Waals surface area contributed by atoms with Gasteiger partial charge in [-0.25, -0.2) is 0 Å². The smallest absolute Gasteiger partial charge is 0.244 e. The largest absolute Gasteiger partial charge is 0.352 e. The lowest BCUT2D eigenvalue weighted by Crippen LogP contribution is -2.33. The number of rotatable bonds is 5. The summed E-state index contributed by atoms with van der Waals surface area (Å²) in [6, 6.07) is -0.400. The molecule has 3 aromatic rings. The Morgan fingerprint density at radius 3 is 2.83 bits per heavy atom. The molecule has 9 heteroatoms. The number of carbonyl (C=O) groups excluding carboxylic acids is 1. The van der Waals surface area contributed by atoms with Crippen LogP contribution in [-0.2, 0) is 18.4 Å². The van der Waals surface area contributed by atoms with E-state index in [9.17, 15) is 4.79 Å². The lowest BCUT2D eigenvalue weighted by atomic mass is 10.3. The van der Waals surface area contributed by atoms with Crippen LogP contribution < -0.4 is 5.32 Å². The van der Waals surface area contributed by atoms with Crippen molar-refractivity contribution in [2.45, 2.75) is 26.4 Å². The van der Waals surface area contributed by atoms with Gasteiger partial charge in [-0.2, -0.15) is 15.3 Å². The second kappa shape index (κ2) is 6.04. The molecule has 3 rings (SSSR count). The van der Waals surface area contributed by atoms with Gasteiger partial charge in [-0.3, -0.25) is 18.8 Å². The van der Waals surface area contributed by atoms with Gasteiger partial charge in [0, 0.05) is 19.8 Å². The maximum Gasteiger partial charge on any atom is 0.244 e. The lowest BCUT2D eigenvalue weighted by molar-refractivity contribution is -0.124. The highest BCUT2D eigenvalue weighted by molar-refractivity contribution is 6.30. The third-order valence-electron chi connectivity index (χ3n) is 3.72. The van der Waals surface area contributed by atoms with E-state index in [1.54, 1.807) is 26.4 Å². The van der Waals surface area contributed by atoms with Crippen molar-refractivity contribution >= 4 is 28.5 Å². The zero-order valence-electron chi connectivity index (χ0n) is 13.2. The van der Waals surface area contributed by atoms with E-state index >= 15 is 0 Å². The predicted molar refractivity (Wildman–Crippen MR) is 86.2 cm³/mol. The van der Waals surface area contributed by atoms with E-state index in [-0.39, 0.29) is 5.91 Å². The average molecular weight is 336 g/mol. The number of carbonyl (C=O) groups is 1. The molecule has 0 unspecified atom stereocenters. The summed E-state index contributed by atoms with van der Waals surface area (Å²) in [7, 11) is 1.86. The Bertz CT molecular complexity index is 812. The van der Waals surface area contributed by atoms with Gasteiger partial charge in [0.25, 0.3) is 0 Å². The first kappa shape index (κ1) is 15.5. The minimum absolute atomic E-state index is 0.0957. The minimum atomic E-state index is -0.400. The van der Waals surface area contributed by atoms with Gasteiger partial charge in [0.1, 0.15) is 17.1 Å².